The van der Waals surface area contributed by atoms with Gasteiger partial charge in [-0.2, -0.15) is 8.42 Å². The van der Waals surface area contributed by atoms with Gasteiger partial charge in [0.1, 0.15) is 9.22 Å². The van der Waals surface area contributed by atoms with E-state index in [2.05, 4.69) is 22.5 Å². The highest BCUT2D eigenvalue weighted by molar-refractivity contribution is 9.10. The van der Waals surface area contributed by atoms with Gasteiger partial charge in [-0.05, 0) is 65.7 Å². The minimum atomic E-state index is -4.08. The molecule has 1 amide bonds. The van der Waals surface area contributed by atoms with Crippen molar-refractivity contribution in [1.29, 1.82) is 0 Å². The lowest BCUT2D eigenvalue weighted by atomic mass is 10.2. The summed E-state index contributed by atoms with van der Waals surface area (Å²) in [6.45, 7) is 7.91. The van der Waals surface area contributed by atoms with Crippen molar-refractivity contribution in [3.63, 3.8) is 0 Å². The van der Waals surface area contributed by atoms with Gasteiger partial charge in [0.2, 0.25) is 0 Å². The van der Waals surface area contributed by atoms with E-state index in [4.69, 9.17) is 21.1 Å². The van der Waals surface area contributed by atoms with E-state index in [0.29, 0.717) is 25.8 Å². The Bertz CT molecular complexity index is 1210. The predicted octanol–water partition coefficient (Wildman–Crippen LogP) is 5.31. The van der Waals surface area contributed by atoms with Crippen LogP contribution in [-0.4, -0.2) is 36.7 Å². The van der Waals surface area contributed by atoms with Gasteiger partial charge in [0.05, 0.1) is 16.0 Å². The molecule has 0 aliphatic carbocycles. The van der Waals surface area contributed by atoms with Crippen LogP contribution in [0.5, 0.6) is 11.5 Å². The number of rotatable bonds is 8. The molecule has 10 heteroatoms. The van der Waals surface area contributed by atoms with Gasteiger partial charge in [-0.1, -0.05) is 47.8 Å². The highest BCUT2D eigenvalue weighted by atomic mass is 79.9. The molecule has 0 spiro atoms. The smallest absolute Gasteiger partial charge is 0.339 e. The average molecular weight is 555 g/mol. The first-order chi connectivity index (χ1) is 15.2. The van der Waals surface area contributed by atoms with E-state index in [9.17, 15) is 13.2 Å². The van der Waals surface area contributed by atoms with Crippen molar-refractivity contribution < 1.29 is 22.1 Å². The minimum absolute atomic E-state index is 0.0313. The molecule has 1 saturated heterocycles. The summed E-state index contributed by atoms with van der Waals surface area (Å²) in [7, 11) is -4.08. The Morgan fingerprint density at radius 1 is 1.25 bits per heavy atom. The summed E-state index contributed by atoms with van der Waals surface area (Å²) in [5.41, 5.74) is 1.56. The zero-order valence-corrected chi connectivity index (χ0v) is 21.4. The Labute approximate surface area is 205 Å². The fourth-order valence-electron chi connectivity index (χ4n) is 2.82. The van der Waals surface area contributed by atoms with Crippen LogP contribution < -0.4 is 8.92 Å². The van der Waals surface area contributed by atoms with E-state index in [1.165, 1.54) is 28.8 Å². The first-order valence-electron chi connectivity index (χ1n) is 9.50. The number of hydrogen-bond acceptors (Lipinski definition) is 7. The number of thiocarbonyl (C=S) groups is 1. The SMILES string of the molecule is C=CCN1C(=O)/C(=C\c2cc(Br)c(OS(=O)(=O)c3ccc(C)cc3)c(OCC)c2)SC1=S. The molecular weight excluding hydrogens is 534 g/mol. The van der Waals surface area contributed by atoms with Gasteiger partial charge in [-0.25, -0.2) is 0 Å². The van der Waals surface area contributed by atoms with Crippen LogP contribution in [-0.2, 0) is 14.9 Å². The van der Waals surface area contributed by atoms with Crippen molar-refractivity contribution in [2.75, 3.05) is 13.2 Å². The third kappa shape index (κ3) is 5.43. The monoisotopic (exact) mass is 553 g/mol. The molecule has 1 fully saturated rings. The van der Waals surface area contributed by atoms with Crippen LogP contribution >= 0.6 is 39.9 Å². The number of nitrogens with zero attached hydrogens (tertiary/aromatic N) is 1. The molecule has 2 aromatic carbocycles. The average Bonchev–Trinajstić information content (AvgIpc) is 2.99. The number of aryl methyl sites for hydroxylation is 1. The van der Waals surface area contributed by atoms with Gasteiger partial charge in [0.25, 0.3) is 5.91 Å². The standard InChI is InChI=1S/C22H20BrNO5S3/c1-4-10-24-21(25)19(31-22(24)30)13-15-11-17(23)20(18(12-15)28-5-2)29-32(26,27)16-8-6-14(3)7-9-16/h4,6-9,11-13H,1,5,10H2,2-3H3/b19-13+. The lowest BCUT2D eigenvalue weighted by Crippen LogP contribution is -2.27. The van der Waals surface area contributed by atoms with Crippen molar-refractivity contribution >= 4 is 66.3 Å². The lowest BCUT2D eigenvalue weighted by Gasteiger charge is -2.15. The summed E-state index contributed by atoms with van der Waals surface area (Å²) in [4.78, 5) is 14.5. The van der Waals surface area contributed by atoms with Crippen LogP contribution in [0.2, 0.25) is 0 Å². The van der Waals surface area contributed by atoms with Crippen LogP contribution in [0, 0.1) is 6.92 Å². The maximum absolute atomic E-state index is 12.8. The molecular formula is C22H20BrNO5S3. The quantitative estimate of drug-likeness (QED) is 0.190. The van der Waals surface area contributed by atoms with Crippen LogP contribution in [0.4, 0.5) is 0 Å². The van der Waals surface area contributed by atoms with Crippen molar-refractivity contribution in [2.24, 2.45) is 0 Å². The second-order valence-electron chi connectivity index (χ2n) is 6.69. The molecule has 168 valence electrons. The molecule has 6 nitrogen and oxygen atoms in total. The van der Waals surface area contributed by atoms with Crippen molar-refractivity contribution in [3.05, 3.63) is 69.6 Å². The van der Waals surface area contributed by atoms with Crippen molar-refractivity contribution in [1.82, 2.24) is 4.90 Å². The molecule has 32 heavy (non-hydrogen) atoms. The molecule has 1 aliphatic rings. The largest absolute Gasteiger partial charge is 0.490 e. The second kappa shape index (κ2) is 10.2. The second-order valence-corrected chi connectivity index (χ2v) is 10.8. The lowest BCUT2D eigenvalue weighted by molar-refractivity contribution is -0.121. The molecule has 3 rings (SSSR count). The number of carbonyl (C=O) groups excluding carboxylic acids is 1. The number of amides is 1. The Hall–Kier alpha value is -2.14. The highest BCUT2D eigenvalue weighted by Crippen LogP contribution is 2.40. The summed E-state index contributed by atoms with van der Waals surface area (Å²) in [5, 5.41) is 0. The van der Waals surface area contributed by atoms with Crippen LogP contribution in [0.1, 0.15) is 18.1 Å². The zero-order valence-electron chi connectivity index (χ0n) is 17.3. The van der Waals surface area contributed by atoms with Gasteiger partial charge in [0.15, 0.2) is 11.5 Å². The Morgan fingerprint density at radius 3 is 2.56 bits per heavy atom. The van der Waals surface area contributed by atoms with Crippen LogP contribution in [0.15, 0.2) is 63.3 Å². The summed E-state index contributed by atoms with van der Waals surface area (Å²) >= 11 is 9.83. The predicted molar refractivity (Wildman–Crippen MR) is 134 cm³/mol. The number of ether oxygens (including phenoxy) is 1. The maximum Gasteiger partial charge on any atom is 0.339 e. The number of halogens is 1. The molecule has 0 unspecified atom stereocenters. The van der Waals surface area contributed by atoms with E-state index in [1.54, 1.807) is 43.3 Å². The van der Waals surface area contributed by atoms with Gasteiger partial charge >= 0.3 is 10.1 Å². The maximum atomic E-state index is 12.8. The van der Waals surface area contributed by atoms with E-state index < -0.39 is 10.1 Å². The number of hydrogen-bond donors (Lipinski definition) is 0. The first-order valence-corrected chi connectivity index (χ1v) is 12.9. The molecule has 1 heterocycles. The van der Waals surface area contributed by atoms with Crippen molar-refractivity contribution in [2.45, 2.75) is 18.7 Å². The number of carbonyl (C=O) groups is 1. The fourth-order valence-corrected chi connectivity index (χ4v) is 5.70. The number of thioether (sulfide) groups is 1. The van der Waals surface area contributed by atoms with E-state index in [0.717, 1.165) is 5.56 Å². The van der Waals surface area contributed by atoms with E-state index in [-0.39, 0.29) is 28.9 Å². The summed E-state index contributed by atoms with van der Waals surface area (Å²) in [5.74, 6) is 0.0467. The molecule has 0 bridgehead atoms. The Kier molecular flexibility index (Phi) is 7.81. The third-order valence-electron chi connectivity index (χ3n) is 4.32. The van der Waals surface area contributed by atoms with Gasteiger partial charge in [0, 0.05) is 6.54 Å². The molecule has 0 atom stereocenters. The van der Waals surface area contributed by atoms with Crippen LogP contribution in [0.3, 0.4) is 0 Å². The molecule has 0 saturated carbocycles. The van der Waals surface area contributed by atoms with E-state index >= 15 is 0 Å². The van der Waals surface area contributed by atoms with Gasteiger partial charge < -0.3 is 8.92 Å². The fraction of sp³-hybridized carbons (Fsp3) is 0.182. The van der Waals surface area contributed by atoms with Gasteiger partial charge in [-0.3, -0.25) is 9.69 Å². The van der Waals surface area contributed by atoms with Gasteiger partial charge in [-0.15, -0.1) is 6.58 Å². The molecule has 1 aliphatic heterocycles. The van der Waals surface area contributed by atoms with E-state index in [1.807, 2.05) is 6.92 Å². The van der Waals surface area contributed by atoms with Crippen molar-refractivity contribution in [3.8, 4) is 11.5 Å². The Morgan fingerprint density at radius 2 is 1.94 bits per heavy atom. The summed E-state index contributed by atoms with van der Waals surface area (Å²) < 4.78 is 37.4. The molecule has 0 N–H and O–H groups in total. The zero-order chi connectivity index (χ0) is 23.5. The summed E-state index contributed by atoms with van der Waals surface area (Å²) in [6.07, 6.45) is 3.28. The molecule has 2 aromatic rings. The Balaban J connectivity index is 1.97. The topological polar surface area (TPSA) is 72.9 Å². The normalized spacial score (nSPS) is 15.3. The molecule has 0 radical (unpaired) electrons. The number of benzene rings is 2. The highest BCUT2D eigenvalue weighted by Gasteiger charge is 2.31. The molecule has 0 aromatic heterocycles. The minimum Gasteiger partial charge on any atom is -0.490 e. The third-order valence-corrected chi connectivity index (χ3v) is 7.52. The van der Waals surface area contributed by atoms with Crippen LogP contribution in [0.25, 0.3) is 6.08 Å². The summed E-state index contributed by atoms with van der Waals surface area (Å²) in [6, 6.07) is 9.63. The first kappa shape index (κ1) is 24.5.